The molecule has 0 unspecified atom stereocenters. The zero-order valence-electron chi connectivity index (χ0n) is 14.7. The van der Waals surface area contributed by atoms with Gasteiger partial charge in [-0.2, -0.15) is 0 Å². The summed E-state index contributed by atoms with van der Waals surface area (Å²) in [6.07, 6.45) is 5.22. The van der Waals surface area contributed by atoms with E-state index in [1.54, 1.807) is 17.4 Å². The van der Waals surface area contributed by atoms with Gasteiger partial charge in [0.25, 0.3) is 0 Å². The van der Waals surface area contributed by atoms with Gasteiger partial charge in [0.05, 0.1) is 6.26 Å². The Kier molecular flexibility index (Phi) is 4.84. The highest BCUT2D eigenvalue weighted by atomic mass is 35.5. The number of benzene rings is 2. The Morgan fingerprint density at radius 3 is 2.74 bits per heavy atom. The van der Waals surface area contributed by atoms with Crippen molar-refractivity contribution in [3.05, 3.63) is 86.1 Å². The van der Waals surface area contributed by atoms with E-state index in [0.717, 1.165) is 35.3 Å². The van der Waals surface area contributed by atoms with E-state index in [1.165, 1.54) is 21.6 Å². The number of aryl methyl sites for hydroxylation is 2. The summed E-state index contributed by atoms with van der Waals surface area (Å²) in [4.78, 5) is 1.36. The Morgan fingerprint density at radius 2 is 1.93 bits per heavy atom. The number of halogens is 1. The van der Waals surface area contributed by atoms with Crippen LogP contribution in [0.1, 0.15) is 27.1 Å². The van der Waals surface area contributed by atoms with Crippen LogP contribution in [0.25, 0.3) is 11.6 Å². The Labute approximate surface area is 168 Å². The zero-order chi connectivity index (χ0) is 19.0. The van der Waals surface area contributed by atoms with Gasteiger partial charge in [-0.3, -0.25) is 4.72 Å². The second kappa shape index (κ2) is 7.15. The summed E-state index contributed by atoms with van der Waals surface area (Å²) in [5.74, 6) is 0. The molecule has 0 fully saturated rings. The van der Waals surface area contributed by atoms with Gasteiger partial charge in [0, 0.05) is 15.6 Å². The molecule has 4 rings (SSSR count). The maximum atomic E-state index is 11.5. The van der Waals surface area contributed by atoms with Gasteiger partial charge >= 0.3 is 0 Å². The lowest BCUT2D eigenvalue weighted by Crippen LogP contribution is -2.09. The van der Waals surface area contributed by atoms with Crippen molar-refractivity contribution < 1.29 is 8.42 Å². The van der Waals surface area contributed by atoms with E-state index in [-0.39, 0.29) is 0 Å². The molecule has 2 aromatic carbocycles. The Bertz CT molecular complexity index is 1150. The third kappa shape index (κ3) is 4.10. The molecule has 1 aliphatic carbocycles. The van der Waals surface area contributed by atoms with E-state index in [4.69, 9.17) is 11.6 Å². The highest BCUT2D eigenvalue weighted by Crippen LogP contribution is 2.38. The smallest absolute Gasteiger partial charge is 0.229 e. The third-order valence-electron chi connectivity index (χ3n) is 4.52. The molecule has 1 aliphatic rings. The van der Waals surface area contributed by atoms with E-state index in [2.05, 4.69) is 28.3 Å². The molecule has 138 valence electrons. The maximum absolute atomic E-state index is 11.5. The van der Waals surface area contributed by atoms with Gasteiger partial charge in [0.15, 0.2) is 0 Å². The van der Waals surface area contributed by atoms with Crippen molar-refractivity contribution in [2.24, 2.45) is 0 Å². The standard InChI is InChI=1S/C21H18ClNO2S2/c1-27(24,25)23-17-4-2-3-14(11-17)12-20-18-7-6-16(22)13-15(18)5-8-21-19(20)9-10-26-21/h2-4,6-7,9-13,23H,5,8H2,1H3. The van der Waals surface area contributed by atoms with Crippen LogP contribution in [0.2, 0.25) is 5.02 Å². The minimum absolute atomic E-state index is 0.558. The lowest BCUT2D eigenvalue weighted by Gasteiger charge is -2.11. The van der Waals surface area contributed by atoms with Crippen LogP contribution in [-0.2, 0) is 22.9 Å². The predicted molar refractivity (Wildman–Crippen MR) is 115 cm³/mol. The van der Waals surface area contributed by atoms with Crippen molar-refractivity contribution >= 4 is 50.3 Å². The Morgan fingerprint density at radius 1 is 1.07 bits per heavy atom. The molecule has 3 nitrogen and oxygen atoms in total. The summed E-state index contributed by atoms with van der Waals surface area (Å²) < 4.78 is 25.6. The summed E-state index contributed by atoms with van der Waals surface area (Å²) in [6, 6.07) is 15.6. The number of anilines is 1. The molecule has 0 amide bonds. The number of thiophene rings is 1. The van der Waals surface area contributed by atoms with Crippen LogP contribution in [0.4, 0.5) is 5.69 Å². The molecule has 1 heterocycles. The maximum Gasteiger partial charge on any atom is 0.229 e. The topological polar surface area (TPSA) is 46.2 Å². The Balaban J connectivity index is 1.85. The fourth-order valence-electron chi connectivity index (χ4n) is 3.43. The van der Waals surface area contributed by atoms with Crippen LogP contribution in [0.5, 0.6) is 0 Å². The van der Waals surface area contributed by atoms with E-state index < -0.39 is 10.0 Å². The van der Waals surface area contributed by atoms with Gasteiger partial charge in [-0.15, -0.1) is 11.3 Å². The van der Waals surface area contributed by atoms with E-state index in [0.29, 0.717) is 5.69 Å². The monoisotopic (exact) mass is 415 g/mol. The number of fused-ring (bicyclic) bond motifs is 2. The predicted octanol–water partition coefficient (Wildman–Crippen LogP) is 5.46. The van der Waals surface area contributed by atoms with E-state index in [1.807, 2.05) is 30.3 Å². The van der Waals surface area contributed by atoms with Crippen LogP contribution in [0.15, 0.2) is 53.9 Å². The first-order valence-electron chi connectivity index (χ1n) is 8.54. The van der Waals surface area contributed by atoms with Gasteiger partial charge < -0.3 is 0 Å². The zero-order valence-corrected chi connectivity index (χ0v) is 17.1. The fourth-order valence-corrected chi connectivity index (χ4v) is 5.07. The number of hydrogen-bond donors (Lipinski definition) is 1. The number of sulfonamides is 1. The molecular formula is C21H18ClNO2S2. The normalized spacial score (nSPS) is 15.1. The summed E-state index contributed by atoms with van der Waals surface area (Å²) in [6.45, 7) is 0. The van der Waals surface area contributed by atoms with Gasteiger partial charge in [0.2, 0.25) is 10.0 Å². The highest BCUT2D eigenvalue weighted by molar-refractivity contribution is 7.92. The van der Waals surface area contributed by atoms with Crippen LogP contribution < -0.4 is 4.72 Å². The van der Waals surface area contributed by atoms with E-state index >= 15 is 0 Å². The van der Waals surface area contributed by atoms with Gasteiger partial charge in [-0.05, 0) is 82.5 Å². The van der Waals surface area contributed by atoms with Crippen molar-refractivity contribution in [3.63, 3.8) is 0 Å². The lowest BCUT2D eigenvalue weighted by molar-refractivity contribution is 0.607. The van der Waals surface area contributed by atoms with Crippen molar-refractivity contribution in [3.8, 4) is 0 Å². The lowest BCUT2D eigenvalue weighted by atomic mass is 9.94. The number of rotatable bonds is 3. The summed E-state index contributed by atoms with van der Waals surface area (Å²) in [5.41, 5.74) is 6.30. The van der Waals surface area contributed by atoms with Crippen LogP contribution >= 0.6 is 22.9 Å². The molecule has 0 atom stereocenters. The van der Waals surface area contributed by atoms with Crippen molar-refractivity contribution in [1.82, 2.24) is 0 Å². The SMILES string of the molecule is CS(=O)(=O)Nc1cccc(C=C2c3ccc(Cl)cc3CCc3sccc32)c1. The molecule has 0 saturated heterocycles. The van der Waals surface area contributed by atoms with Crippen molar-refractivity contribution in [1.29, 1.82) is 0 Å². The Hall–Kier alpha value is -2.08. The average Bonchev–Trinajstić information content (AvgIpc) is 3.00. The molecule has 1 aromatic heterocycles. The molecule has 0 saturated carbocycles. The molecule has 0 spiro atoms. The minimum Gasteiger partial charge on any atom is -0.284 e. The summed E-state index contributed by atoms with van der Waals surface area (Å²) in [7, 11) is -3.31. The van der Waals surface area contributed by atoms with E-state index in [9.17, 15) is 8.42 Å². The van der Waals surface area contributed by atoms with Gasteiger partial charge in [-0.25, -0.2) is 8.42 Å². The summed E-state index contributed by atoms with van der Waals surface area (Å²) >= 11 is 8.00. The molecule has 1 N–H and O–H groups in total. The largest absolute Gasteiger partial charge is 0.284 e. The molecule has 0 radical (unpaired) electrons. The summed E-state index contributed by atoms with van der Waals surface area (Å²) in [5, 5.41) is 2.87. The van der Waals surface area contributed by atoms with Gasteiger partial charge in [0.1, 0.15) is 0 Å². The number of hydrogen-bond acceptors (Lipinski definition) is 3. The average molecular weight is 416 g/mol. The molecule has 0 aliphatic heterocycles. The first-order chi connectivity index (χ1) is 12.9. The fraction of sp³-hybridized carbons (Fsp3) is 0.143. The van der Waals surface area contributed by atoms with Crippen LogP contribution in [-0.4, -0.2) is 14.7 Å². The van der Waals surface area contributed by atoms with Crippen LogP contribution in [0.3, 0.4) is 0 Å². The van der Waals surface area contributed by atoms with Gasteiger partial charge in [-0.1, -0.05) is 29.8 Å². The molecule has 6 heteroatoms. The quantitative estimate of drug-likeness (QED) is 0.617. The molecule has 3 aromatic rings. The minimum atomic E-state index is -3.31. The van der Waals surface area contributed by atoms with Crippen LogP contribution in [0, 0.1) is 0 Å². The third-order valence-corrected chi connectivity index (χ3v) is 6.34. The number of nitrogens with one attached hydrogen (secondary N) is 1. The second-order valence-electron chi connectivity index (χ2n) is 6.62. The first-order valence-corrected chi connectivity index (χ1v) is 11.7. The van der Waals surface area contributed by atoms with Crippen molar-refractivity contribution in [2.75, 3.05) is 11.0 Å². The molecule has 0 bridgehead atoms. The molecular weight excluding hydrogens is 398 g/mol. The first kappa shape index (κ1) is 18.3. The second-order valence-corrected chi connectivity index (χ2v) is 9.80. The highest BCUT2D eigenvalue weighted by Gasteiger charge is 2.19. The van der Waals surface area contributed by atoms with Crippen molar-refractivity contribution in [2.45, 2.75) is 12.8 Å². The molecule has 27 heavy (non-hydrogen) atoms.